The Hall–Kier alpha value is -1.93. The van der Waals surface area contributed by atoms with E-state index in [0.717, 1.165) is 54.9 Å². The van der Waals surface area contributed by atoms with Gasteiger partial charge in [0.1, 0.15) is 5.82 Å². The van der Waals surface area contributed by atoms with Gasteiger partial charge in [-0.05, 0) is 62.5 Å². The van der Waals surface area contributed by atoms with Gasteiger partial charge in [0.25, 0.3) is 0 Å². The Kier molecular flexibility index (Phi) is 5.68. The normalized spacial score (nSPS) is 22.9. The maximum Gasteiger partial charge on any atom is 0.225 e. The second-order valence-corrected chi connectivity index (χ2v) is 10.1. The van der Waals surface area contributed by atoms with E-state index in [0.29, 0.717) is 24.5 Å². The average Bonchev–Trinajstić information content (AvgIpc) is 3.49. The Balaban J connectivity index is 1.39. The minimum absolute atomic E-state index is 0.326. The number of aromatic nitrogens is 2. The first kappa shape index (κ1) is 19.4. The summed E-state index contributed by atoms with van der Waals surface area (Å²) in [5, 5.41) is 8.08. The number of para-hydroxylation sites is 1. The minimum atomic E-state index is -3.11. The lowest BCUT2D eigenvalue weighted by atomic mass is 9.86. The zero-order valence-corrected chi connectivity index (χ0v) is 17.1. The third-order valence-electron chi connectivity index (χ3n) is 5.67. The maximum absolute atomic E-state index is 11.3. The molecule has 1 aromatic carbocycles. The number of nitrogens with one attached hydrogen (secondary N) is 3. The molecule has 8 heteroatoms. The number of fused-ring (bicyclic) bond motifs is 1. The monoisotopic (exact) mass is 403 g/mol. The molecular weight excluding hydrogens is 374 g/mol. The summed E-state index contributed by atoms with van der Waals surface area (Å²) in [7, 11) is -3.11. The topological polar surface area (TPSA) is 96.0 Å². The van der Waals surface area contributed by atoms with Gasteiger partial charge < -0.3 is 10.6 Å². The molecule has 0 spiro atoms. The highest BCUT2D eigenvalue weighted by Crippen LogP contribution is 2.31. The van der Waals surface area contributed by atoms with Crippen LogP contribution in [0.15, 0.2) is 24.3 Å². The molecule has 1 heterocycles. The van der Waals surface area contributed by atoms with Crippen LogP contribution in [0.25, 0.3) is 10.9 Å². The summed E-state index contributed by atoms with van der Waals surface area (Å²) in [5.74, 6) is 2.77. The lowest BCUT2D eigenvalue weighted by molar-refractivity contribution is 0.337. The van der Waals surface area contributed by atoms with E-state index in [1.165, 1.54) is 19.1 Å². The molecule has 152 valence electrons. The number of nitrogens with zero attached hydrogens (tertiary/aromatic N) is 2. The predicted molar refractivity (Wildman–Crippen MR) is 113 cm³/mol. The molecule has 7 nitrogen and oxygen atoms in total. The molecule has 2 saturated carbocycles. The van der Waals surface area contributed by atoms with Crippen molar-refractivity contribution in [3.8, 4) is 0 Å². The Bertz CT molecular complexity index is 921. The molecule has 0 saturated heterocycles. The fraction of sp³-hybridized carbons (Fsp3) is 0.600. The summed E-state index contributed by atoms with van der Waals surface area (Å²) in [6.45, 7) is 1.51. The van der Waals surface area contributed by atoms with Crippen LogP contribution in [0.4, 0.5) is 11.8 Å². The molecule has 0 unspecified atom stereocenters. The van der Waals surface area contributed by atoms with Crippen molar-refractivity contribution in [3.63, 3.8) is 0 Å². The maximum atomic E-state index is 11.3. The summed E-state index contributed by atoms with van der Waals surface area (Å²) in [6.07, 6.45) is 7.82. The van der Waals surface area contributed by atoms with Crippen LogP contribution in [-0.4, -0.2) is 43.8 Å². The van der Waals surface area contributed by atoms with E-state index in [1.54, 1.807) is 0 Å². The van der Waals surface area contributed by atoms with Crippen LogP contribution in [0.1, 0.15) is 38.5 Å². The van der Waals surface area contributed by atoms with E-state index in [9.17, 15) is 8.42 Å². The van der Waals surface area contributed by atoms with E-state index in [2.05, 4.69) is 21.4 Å². The Morgan fingerprint density at radius 2 is 1.64 bits per heavy atom. The van der Waals surface area contributed by atoms with Crippen LogP contribution < -0.4 is 15.4 Å². The Morgan fingerprint density at radius 3 is 2.36 bits per heavy atom. The van der Waals surface area contributed by atoms with E-state index >= 15 is 0 Å². The fourth-order valence-corrected chi connectivity index (χ4v) is 4.34. The molecular formula is C20H29N5O2S. The summed E-state index contributed by atoms with van der Waals surface area (Å²) in [6, 6.07) is 8.44. The molecule has 3 N–H and O–H groups in total. The van der Waals surface area contributed by atoms with Gasteiger partial charge in [-0.25, -0.2) is 18.1 Å². The molecule has 2 aliphatic rings. The quantitative estimate of drug-likeness (QED) is 0.627. The second kappa shape index (κ2) is 8.21. The zero-order valence-electron chi connectivity index (χ0n) is 16.3. The van der Waals surface area contributed by atoms with Crippen molar-refractivity contribution in [2.45, 2.75) is 44.6 Å². The number of rotatable bonds is 8. The molecule has 2 aromatic rings. The largest absolute Gasteiger partial charge is 0.369 e. The highest BCUT2D eigenvalue weighted by molar-refractivity contribution is 7.88. The third-order valence-corrected chi connectivity index (χ3v) is 6.36. The first-order valence-corrected chi connectivity index (χ1v) is 12.1. The SMILES string of the molecule is CS(=O)(=O)NCC1CCC(Nc2nc(NCC3CC3)c3ccccc3n2)CC1. The van der Waals surface area contributed by atoms with Gasteiger partial charge in [-0.1, -0.05) is 12.1 Å². The lowest BCUT2D eigenvalue weighted by Gasteiger charge is -2.29. The van der Waals surface area contributed by atoms with Crippen molar-refractivity contribution in [2.75, 3.05) is 30.0 Å². The number of anilines is 2. The van der Waals surface area contributed by atoms with Crippen LogP contribution in [0.2, 0.25) is 0 Å². The Morgan fingerprint density at radius 1 is 0.964 bits per heavy atom. The molecule has 1 aromatic heterocycles. The van der Waals surface area contributed by atoms with E-state index < -0.39 is 10.0 Å². The second-order valence-electron chi connectivity index (χ2n) is 8.22. The lowest BCUT2D eigenvalue weighted by Crippen LogP contribution is -2.33. The van der Waals surface area contributed by atoms with Gasteiger partial charge in [0, 0.05) is 24.5 Å². The molecule has 0 amide bonds. The molecule has 0 radical (unpaired) electrons. The number of hydrogen-bond donors (Lipinski definition) is 3. The first-order chi connectivity index (χ1) is 13.5. The van der Waals surface area contributed by atoms with Crippen LogP contribution in [0, 0.1) is 11.8 Å². The summed E-state index contributed by atoms with van der Waals surface area (Å²) >= 11 is 0. The molecule has 2 fully saturated rings. The third kappa shape index (κ3) is 5.32. The van der Waals surface area contributed by atoms with Gasteiger partial charge in [-0.3, -0.25) is 0 Å². The average molecular weight is 404 g/mol. The van der Waals surface area contributed by atoms with Crippen molar-refractivity contribution >= 4 is 32.7 Å². The molecule has 0 aliphatic heterocycles. The van der Waals surface area contributed by atoms with Gasteiger partial charge in [0.05, 0.1) is 11.8 Å². The fourth-order valence-electron chi connectivity index (χ4n) is 3.80. The highest BCUT2D eigenvalue weighted by Gasteiger charge is 2.24. The van der Waals surface area contributed by atoms with E-state index in [1.807, 2.05) is 18.2 Å². The van der Waals surface area contributed by atoms with Crippen molar-refractivity contribution in [2.24, 2.45) is 11.8 Å². The van der Waals surface area contributed by atoms with Gasteiger partial charge in [0.15, 0.2) is 0 Å². The van der Waals surface area contributed by atoms with Crippen LogP contribution in [0.5, 0.6) is 0 Å². The van der Waals surface area contributed by atoms with Crippen molar-refractivity contribution in [1.82, 2.24) is 14.7 Å². The van der Waals surface area contributed by atoms with E-state index in [-0.39, 0.29) is 0 Å². The number of benzene rings is 1. The van der Waals surface area contributed by atoms with Gasteiger partial charge in [-0.15, -0.1) is 0 Å². The first-order valence-electron chi connectivity index (χ1n) is 10.2. The van der Waals surface area contributed by atoms with Crippen molar-refractivity contribution in [1.29, 1.82) is 0 Å². The summed E-state index contributed by atoms with van der Waals surface area (Å²) in [5.41, 5.74) is 0.948. The summed E-state index contributed by atoms with van der Waals surface area (Å²) < 4.78 is 25.2. The highest BCUT2D eigenvalue weighted by atomic mass is 32.2. The smallest absolute Gasteiger partial charge is 0.225 e. The summed E-state index contributed by atoms with van der Waals surface area (Å²) in [4.78, 5) is 9.46. The Labute approximate surface area is 166 Å². The van der Waals surface area contributed by atoms with Gasteiger partial charge in [-0.2, -0.15) is 4.98 Å². The van der Waals surface area contributed by atoms with E-state index in [4.69, 9.17) is 9.97 Å². The molecule has 28 heavy (non-hydrogen) atoms. The van der Waals surface area contributed by atoms with Crippen LogP contribution in [0.3, 0.4) is 0 Å². The predicted octanol–water partition coefficient (Wildman–Crippen LogP) is 2.97. The minimum Gasteiger partial charge on any atom is -0.369 e. The van der Waals surface area contributed by atoms with Crippen molar-refractivity contribution in [3.05, 3.63) is 24.3 Å². The molecule has 0 atom stereocenters. The molecule has 4 rings (SSSR count). The zero-order chi connectivity index (χ0) is 19.6. The number of hydrogen-bond acceptors (Lipinski definition) is 6. The molecule has 0 bridgehead atoms. The van der Waals surface area contributed by atoms with Crippen molar-refractivity contribution < 1.29 is 8.42 Å². The van der Waals surface area contributed by atoms with Gasteiger partial charge in [0.2, 0.25) is 16.0 Å². The number of sulfonamides is 1. The standard InChI is InChI=1S/C20H29N5O2S/c1-28(26,27)22-13-15-8-10-16(11-9-15)23-20-24-18-5-3-2-4-17(18)19(25-20)21-12-14-6-7-14/h2-5,14-16,22H,6-13H2,1H3,(H2,21,23,24,25). The molecule has 2 aliphatic carbocycles. The van der Waals surface area contributed by atoms with Gasteiger partial charge >= 0.3 is 0 Å². The van der Waals surface area contributed by atoms with Crippen LogP contribution >= 0.6 is 0 Å². The van der Waals surface area contributed by atoms with Crippen LogP contribution in [-0.2, 0) is 10.0 Å².